The van der Waals surface area contributed by atoms with E-state index in [1.165, 1.54) is 12.8 Å². The second-order valence-electron chi connectivity index (χ2n) is 5.39. The number of benzene rings is 1. The smallest absolute Gasteiger partial charge is 0.161 e. The van der Waals surface area contributed by atoms with Crippen molar-refractivity contribution >= 4 is 5.78 Å². The molecule has 3 heteroatoms. The van der Waals surface area contributed by atoms with Crippen molar-refractivity contribution in [1.82, 2.24) is 0 Å². The van der Waals surface area contributed by atoms with Crippen LogP contribution in [0.15, 0.2) is 18.2 Å². The Morgan fingerprint density at radius 1 is 0.920 bits per heavy atom. The quantitative estimate of drug-likeness (QED) is 0.380. The summed E-state index contributed by atoms with van der Waals surface area (Å²) in [5, 5.41) is 0. The van der Waals surface area contributed by atoms with Crippen LogP contribution in [-0.4, -0.2) is 19.5 Å². The first-order valence-electron chi connectivity index (χ1n) is 9.83. The van der Waals surface area contributed by atoms with Gasteiger partial charge in [-0.2, -0.15) is 0 Å². The van der Waals surface area contributed by atoms with E-state index in [0.717, 1.165) is 19.3 Å². The van der Waals surface area contributed by atoms with E-state index in [2.05, 4.69) is 34.6 Å². The van der Waals surface area contributed by atoms with Crippen LogP contribution in [0.1, 0.15) is 97.9 Å². The number of carbonyl (C=O) groups is 1. The molecular weight excluding hydrogens is 312 g/mol. The second-order valence-corrected chi connectivity index (χ2v) is 5.39. The van der Waals surface area contributed by atoms with Crippen LogP contribution in [0, 0.1) is 0 Å². The molecule has 0 aliphatic heterocycles. The molecule has 0 fully saturated rings. The number of methoxy groups -OCH3 is 1. The number of unbranched alkanes of at least 4 members (excludes halogenated alkanes) is 2. The molecule has 0 aliphatic rings. The molecular formula is C22H42O3. The average Bonchev–Trinajstić information content (AvgIpc) is 2.61. The zero-order valence-corrected chi connectivity index (χ0v) is 18.2. The zero-order valence-electron chi connectivity index (χ0n) is 18.2. The van der Waals surface area contributed by atoms with Crippen LogP contribution >= 0.6 is 0 Å². The van der Waals surface area contributed by atoms with E-state index < -0.39 is 0 Å². The summed E-state index contributed by atoms with van der Waals surface area (Å²) < 4.78 is 10.8. The predicted octanol–water partition coefficient (Wildman–Crippen LogP) is 7.33. The number of ketones is 1. The van der Waals surface area contributed by atoms with Gasteiger partial charge in [0, 0.05) is 5.56 Å². The molecule has 0 aromatic heterocycles. The Morgan fingerprint density at radius 3 is 1.84 bits per heavy atom. The van der Waals surface area contributed by atoms with Crippen molar-refractivity contribution in [2.45, 2.75) is 87.5 Å². The Labute approximate surface area is 157 Å². The van der Waals surface area contributed by atoms with Gasteiger partial charge in [0.25, 0.3) is 0 Å². The van der Waals surface area contributed by atoms with Gasteiger partial charge in [0.05, 0.1) is 13.7 Å². The minimum absolute atomic E-state index is 0.0334. The molecule has 1 aromatic rings. The molecule has 0 bridgehead atoms. The molecule has 25 heavy (non-hydrogen) atoms. The molecule has 0 unspecified atom stereocenters. The van der Waals surface area contributed by atoms with Gasteiger partial charge in [-0.05, 0) is 31.5 Å². The maximum Gasteiger partial charge on any atom is 0.161 e. The number of ether oxygens (including phenoxy) is 2. The van der Waals surface area contributed by atoms with Crippen LogP contribution in [-0.2, 0) is 0 Å². The van der Waals surface area contributed by atoms with E-state index in [1.807, 2.05) is 13.8 Å². The van der Waals surface area contributed by atoms with Gasteiger partial charge in [-0.25, -0.2) is 0 Å². The first-order valence-corrected chi connectivity index (χ1v) is 9.83. The maximum atomic E-state index is 11.3. The van der Waals surface area contributed by atoms with Gasteiger partial charge < -0.3 is 9.47 Å². The molecule has 1 aromatic carbocycles. The number of rotatable bonds is 7. The van der Waals surface area contributed by atoms with Crippen molar-refractivity contribution in [1.29, 1.82) is 0 Å². The minimum Gasteiger partial charge on any atom is -0.493 e. The highest BCUT2D eigenvalue weighted by molar-refractivity contribution is 5.94. The summed E-state index contributed by atoms with van der Waals surface area (Å²) >= 11 is 0. The number of hydrogen-bond donors (Lipinski definition) is 0. The van der Waals surface area contributed by atoms with Gasteiger partial charge in [-0.1, -0.05) is 74.1 Å². The van der Waals surface area contributed by atoms with Crippen molar-refractivity contribution < 1.29 is 14.3 Å². The lowest BCUT2D eigenvalue weighted by Crippen LogP contribution is -2.01. The summed E-state index contributed by atoms with van der Waals surface area (Å²) in [6.45, 7) is 16.9. The lowest BCUT2D eigenvalue weighted by Gasteiger charge is -2.11. The monoisotopic (exact) mass is 354 g/mol. The Hall–Kier alpha value is -1.51. The van der Waals surface area contributed by atoms with Gasteiger partial charge >= 0.3 is 0 Å². The molecule has 0 atom stereocenters. The van der Waals surface area contributed by atoms with E-state index >= 15 is 0 Å². The van der Waals surface area contributed by atoms with Crippen molar-refractivity contribution in [3.63, 3.8) is 0 Å². The van der Waals surface area contributed by atoms with Gasteiger partial charge in [0.15, 0.2) is 17.3 Å². The molecule has 1 rings (SSSR count). The Bertz CT molecular complexity index is 398. The Balaban J connectivity index is -0.000000517. The normalized spacial score (nSPS) is 8.52. The number of hydrogen-bond acceptors (Lipinski definition) is 3. The van der Waals surface area contributed by atoms with Crippen molar-refractivity contribution in [2.24, 2.45) is 0 Å². The summed E-state index contributed by atoms with van der Waals surface area (Å²) in [4.78, 5) is 11.3. The molecule has 0 saturated heterocycles. The van der Waals surface area contributed by atoms with Crippen LogP contribution in [0.5, 0.6) is 11.5 Å². The lowest BCUT2D eigenvalue weighted by molar-refractivity contribution is 0.101. The van der Waals surface area contributed by atoms with Crippen LogP contribution < -0.4 is 9.47 Å². The SMILES string of the molecule is CC.CCC.CCC.CCCCCOc1cc(C(C)=O)ccc1OC. The largest absolute Gasteiger partial charge is 0.493 e. The van der Waals surface area contributed by atoms with Crippen molar-refractivity contribution in [3.05, 3.63) is 23.8 Å². The summed E-state index contributed by atoms with van der Waals surface area (Å²) in [5.74, 6) is 1.36. The van der Waals surface area contributed by atoms with E-state index in [-0.39, 0.29) is 5.78 Å². The predicted molar refractivity (Wildman–Crippen MR) is 111 cm³/mol. The van der Waals surface area contributed by atoms with Crippen molar-refractivity contribution in [2.75, 3.05) is 13.7 Å². The molecule has 0 radical (unpaired) electrons. The second kappa shape index (κ2) is 22.5. The van der Waals surface area contributed by atoms with Gasteiger partial charge in [-0.3, -0.25) is 4.79 Å². The molecule has 3 nitrogen and oxygen atoms in total. The first-order chi connectivity index (χ1) is 12.0. The fraction of sp³-hybridized carbons (Fsp3) is 0.682. The Kier molecular flexibility index (Phi) is 25.5. The van der Waals surface area contributed by atoms with Crippen molar-refractivity contribution in [3.8, 4) is 11.5 Å². The molecule has 0 saturated carbocycles. The third-order valence-electron chi connectivity index (χ3n) is 2.58. The molecule has 0 N–H and O–H groups in total. The highest BCUT2D eigenvalue weighted by Gasteiger charge is 2.08. The molecule has 0 heterocycles. The summed E-state index contributed by atoms with van der Waals surface area (Å²) in [6.07, 6.45) is 5.83. The van der Waals surface area contributed by atoms with E-state index in [9.17, 15) is 4.79 Å². The molecule has 0 aliphatic carbocycles. The van der Waals surface area contributed by atoms with Gasteiger partial charge in [0.1, 0.15) is 0 Å². The lowest BCUT2D eigenvalue weighted by atomic mass is 10.1. The minimum atomic E-state index is 0.0334. The topological polar surface area (TPSA) is 35.5 Å². The van der Waals surface area contributed by atoms with Gasteiger partial charge in [0.2, 0.25) is 0 Å². The third kappa shape index (κ3) is 17.1. The van der Waals surface area contributed by atoms with Crippen LogP contribution in [0.4, 0.5) is 0 Å². The zero-order chi connectivity index (χ0) is 20.1. The first kappa shape index (κ1) is 28.3. The van der Waals surface area contributed by atoms with Gasteiger partial charge in [-0.15, -0.1) is 0 Å². The third-order valence-corrected chi connectivity index (χ3v) is 2.58. The highest BCUT2D eigenvalue weighted by Crippen LogP contribution is 2.28. The number of Topliss-reactive ketones (excluding diaryl/α,β-unsaturated/α-hetero) is 1. The van der Waals surface area contributed by atoms with E-state index in [1.54, 1.807) is 32.2 Å². The summed E-state index contributed by atoms with van der Waals surface area (Å²) in [7, 11) is 1.60. The fourth-order valence-corrected chi connectivity index (χ4v) is 1.54. The van der Waals surface area contributed by atoms with Crippen LogP contribution in [0.25, 0.3) is 0 Å². The molecule has 148 valence electrons. The Morgan fingerprint density at radius 2 is 1.44 bits per heavy atom. The van der Waals surface area contributed by atoms with Crippen LogP contribution in [0.3, 0.4) is 0 Å². The molecule has 0 spiro atoms. The van der Waals surface area contributed by atoms with E-state index in [0.29, 0.717) is 23.7 Å². The molecule has 0 amide bonds. The number of carbonyl (C=O) groups excluding carboxylic acids is 1. The maximum absolute atomic E-state index is 11.3. The van der Waals surface area contributed by atoms with E-state index in [4.69, 9.17) is 9.47 Å². The average molecular weight is 355 g/mol. The summed E-state index contributed by atoms with van der Waals surface area (Å²) in [6, 6.07) is 5.26. The highest BCUT2D eigenvalue weighted by atomic mass is 16.5. The summed E-state index contributed by atoms with van der Waals surface area (Å²) in [5.41, 5.74) is 0.649. The van der Waals surface area contributed by atoms with Crippen LogP contribution in [0.2, 0.25) is 0 Å². The fourth-order valence-electron chi connectivity index (χ4n) is 1.54. The standard InChI is InChI=1S/C14H20O3.2C3H8.C2H6/c1-4-5-6-9-17-14-10-12(11(2)15)7-8-13(14)16-3;2*1-3-2;1-2/h7-8,10H,4-6,9H2,1-3H3;2*3H2,1-2H3;1-2H3.